The van der Waals surface area contributed by atoms with E-state index in [1.165, 1.54) is 6.07 Å². The number of carbonyl (C=O) groups is 2. The summed E-state index contributed by atoms with van der Waals surface area (Å²) in [5, 5.41) is 30.9. The lowest BCUT2D eigenvalue weighted by molar-refractivity contribution is -0.140. The summed E-state index contributed by atoms with van der Waals surface area (Å²) in [7, 11) is 0. The van der Waals surface area contributed by atoms with E-state index in [-0.39, 0.29) is 16.6 Å². The number of ether oxygens (including phenoxy) is 1. The van der Waals surface area contributed by atoms with Crippen molar-refractivity contribution < 1.29 is 29.6 Å². The van der Waals surface area contributed by atoms with Crippen molar-refractivity contribution in [1.29, 1.82) is 0 Å². The van der Waals surface area contributed by atoms with Gasteiger partial charge in [0, 0.05) is 10.8 Å². The number of carboxylic acids is 1. The third kappa shape index (κ3) is 4.09. The molecule has 0 aliphatic heterocycles. The van der Waals surface area contributed by atoms with Crippen LogP contribution in [0.5, 0.6) is 11.5 Å². The van der Waals surface area contributed by atoms with Crippen molar-refractivity contribution in [2.45, 2.75) is 26.0 Å². The number of nitrogens with one attached hydrogen (secondary N) is 1. The highest BCUT2D eigenvalue weighted by molar-refractivity contribution is 6.35. The monoisotopic (exact) mass is 368 g/mol. The first-order valence-electron chi connectivity index (χ1n) is 7.38. The number of carbonyl (C=O) groups excluding carboxylic acids is 1. The van der Waals surface area contributed by atoms with Crippen LogP contribution in [0.25, 0.3) is 10.8 Å². The molecule has 2 aromatic rings. The van der Waals surface area contributed by atoms with Crippen LogP contribution in [0.3, 0.4) is 0 Å². The summed E-state index contributed by atoms with van der Waals surface area (Å²) in [6, 6.07) is 3.23. The van der Waals surface area contributed by atoms with Crippen LogP contribution in [0.2, 0.25) is 5.15 Å². The summed E-state index contributed by atoms with van der Waals surface area (Å²) in [5.41, 5.74) is -0.445. The fraction of sp³-hybridized carbons (Fsp3) is 0.312. The number of benzene rings is 1. The molecule has 1 heterocycles. The summed E-state index contributed by atoms with van der Waals surface area (Å²) < 4.78 is 5.54. The van der Waals surface area contributed by atoms with Gasteiger partial charge >= 0.3 is 5.97 Å². The Morgan fingerprint density at radius 1 is 1.32 bits per heavy atom. The number of aliphatic carboxylic acids is 1. The molecule has 9 heteroatoms. The minimum Gasteiger partial charge on any atom is -0.505 e. The van der Waals surface area contributed by atoms with Gasteiger partial charge < -0.3 is 25.4 Å². The van der Waals surface area contributed by atoms with Crippen LogP contribution in [0.1, 0.15) is 24.3 Å². The lowest BCUT2D eigenvalue weighted by atomic mass is 10.1. The largest absolute Gasteiger partial charge is 0.505 e. The second kappa shape index (κ2) is 7.54. The number of carboxylic acid groups (broad SMARTS) is 1. The zero-order valence-electron chi connectivity index (χ0n) is 13.5. The van der Waals surface area contributed by atoms with E-state index >= 15 is 0 Å². The van der Waals surface area contributed by atoms with E-state index in [0.29, 0.717) is 11.1 Å². The second-order valence-corrected chi connectivity index (χ2v) is 5.88. The van der Waals surface area contributed by atoms with E-state index < -0.39 is 36.0 Å². The Labute approximate surface area is 148 Å². The molecule has 0 saturated carbocycles. The zero-order chi connectivity index (χ0) is 18.7. The molecule has 0 aliphatic carbocycles. The molecule has 0 fully saturated rings. The molecule has 0 spiro atoms. The smallest absolute Gasteiger partial charge is 0.328 e. The molecule has 1 unspecified atom stereocenters. The normalized spacial score (nSPS) is 12.2. The highest BCUT2D eigenvalue weighted by Gasteiger charge is 2.24. The fourth-order valence-electron chi connectivity index (χ4n) is 2.15. The Balaban J connectivity index is 2.48. The number of aromatic nitrogens is 1. The lowest BCUT2D eigenvalue weighted by Crippen LogP contribution is -2.43. The lowest BCUT2D eigenvalue weighted by Gasteiger charge is -2.14. The van der Waals surface area contributed by atoms with E-state index in [1.807, 2.05) is 13.8 Å². The van der Waals surface area contributed by atoms with Gasteiger partial charge in [-0.3, -0.25) is 4.79 Å². The number of hydrogen-bond donors (Lipinski definition) is 4. The van der Waals surface area contributed by atoms with Crippen molar-refractivity contribution in [3.05, 3.63) is 29.0 Å². The van der Waals surface area contributed by atoms with E-state index in [2.05, 4.69) is 10.3 Å². The molecule has 0 aliphatic rings. The average Bonchev–Trinajstić information content (AvgIpc) is 2.54. The number of aromatic hydroxyl groups is 1. The second-order valence-electron chi connectivity index (χ2n) is 5.52. The third-order valence-electron chi connectivity index (χ3n) is 3.28. The summed E-state index contributed by atoms with van der Waals surface area (Å²) in [4.78, 5) is 26.9. The number of aliphatic hydroxyl groups excluding tert-OH is 1. The maximum absolute atomic E-state index is 12.2. The molecule has 0 saturated heterocycles. The van der Waals surface area contributed by atoms with Gasteiger partial charge in [0.05, 0.1) is 12.7 Å². The van der Waals surface area contributed by atoms with E-state index in [9.17, 15) is 14.7 Å². The molecule has 2 rings (SSSR count). The number of fused-ring (bicyclic) bond motifs is 1. The molecular weight excluding hydrogens is 352 g/mol. The first-order chi connectivity index (χ1) is 11.7. The summed E-state index contributed by atoms with van der Waals surface area (Å²) in [5.74, 6) is -2.40. The zero-order valence-corrected chi connectivity index (χ0v) is 14.2. The highest BCUT2D eigenvalue weighted by Crippen LogP contribution is 2.34. The van der Waals surface area contributed by atoms with Crippen molar-refractivity contribution in [1.82, 2.24) is 10.3 Å². The van der Waals surface area contributed by atoms with Crippen molar-refractivity contribution in [2.75, 3.05) is 6.61 Å². The molecule has 8 nitrogen and oxygen atoms in total. The van der Waals surface area contributed by atoms with Crippen molar-refractivity contribution in [3.8, 4) is 11.5 Å². The third-order valence-corrected chi connectivity index (χ3v) is 3.56. The van der Waals surface area contributed by atoms with Gasteiger partial charge in [-0.15, -0.1) is 0 Å². The highest BCUT2D eigenvalue weighted by atomic mass is 35.5. The topological polar surface area (TPSA) is 129 Å². The van der Waals surface area contributed by atoms with Crippen LogP contribution in [-0.4, -0.2) is 50.9 Å². The Bertz CT molecular complexity index is 824. The molecule has 1 amide bonds. The number of amides is 1. The Hall–Kier alpha value is -2.58. The van der Waals surface area contributed by atoms with Crippen LogP contribution < -0.4 is 10.1 Å². The van der Waals surface area contributed by atoms with Gasteiger partial charge in [0.15, 0.2) is 17.5 Å². The van der Waals surface area contributed by atoms with E-state index in [4.69, 9.17) is 26.6 Å². The first kappa shape index (κ1) is 18.8. The molecule has 0 bridgehead atoms. The number of aliphatic hydroxyl groups is 1. The van der Waals surface area contributed by atoms with Crippen LogP contribution >= 0.6 is 11.6 Å². The fourth-order valence-corrected chi connectivity index (χ4v) is 2.40. The minimum absolute atomic E-state index is 0.0371. The van der Waals surface area contributed by atoms with E-state index in [1.54, 1.807) is 12.1 Å². The predicted octanol–water partition coefficient (Wildman–Crippen LogP) is 1.56. The summed E-state index contributed by atoms with van der Waals surface area (Å²) in [6.07, 6.45) is -0.0967. The van der Waals surface area contributed by atoms with Crippen LogP contribution in [-0.2, 0) is 4.79 Å². The maximum atomic E-state index is 12.2. The number of rotatable bonds is 6. The first-order valence-corrected chi connectivity index (χ1v) is 7.75. The molecule has 4 N–H and O–H groups in total. The number of halogens is 1. The van der Waals surface area contributed by atoms with Gasteiger partial charge in [-0.2, -0.15) is 0 Å². The van der Waals surface area contributed by atoms with Gasteiger partial charge in [-0.1, -0.05) is 11.6 Å². The van der Waals surface area contributed by atoms with Crippen molar-refractivity contribution >= 4 is 34.2 Å². The number of pyridine rings is 1. The van der Waals surface area contributed by atoms with Gasteiger partial charge in [-0.25, -0.2) is 9.78 Å². The minimum atomic E-state index is -1.53. The summed E-state index contributed by atoms with van der Waals surface area (Å²) >= 11 is 6.06. The van der Waals surface area contributed by atoms with E-state index in [0.717, 1.165) is 0 Å². The Kier molecular flexibility index (Phi) is 5.66. The Morgan fingerprint density at radius 2 is 2.00 bits per heavy atom. The molecule has 1 aromatic carbocycles. The van der Waals surface area contributed by atoms with Gasteiger partial charge in [-0.05, 0) is 32.0 Å². The van der Waals surface area contributed by atoms with Crippen LogP contribution in [0.15, 0.2) is 18.2 Å². The quantitative estimate of drug-likeness (QED) is 0.569. The molecule has 1 aromatic heterocycles. The molecule has 0 radical (unpaired) electrons. The SMILES string of the molecule is CC(C)Oc1ccc2c(Cl)nc(C(=O)NC(CO)C(=O)O)c(O)c2c1. The molecule has 1 atom stereocenters. The van der Waals surface area contributed by atoms with Gasteiger partial charge in [0.25, 0.3) is 5.91 Å². The average molecular weight is 369 g/mol. The maximum Gasteiger partial charge on any atom is 0.328 e. The number of nitrogens with zero attached hydrogens (tertiary/aromatic N) is 1. The van der Waals surface area contributed by atoms with Gasteiger partial charge in [0.2, 0.25) is 0 Å². The van der Waals surface area contributed by atoms with Crippen LogP contribution in [0, 0.1) is 0 Å². The predicted molar refractivity (Wildman–Crippen MR) is 90.2 cm³/mol. The Morgan fingerprint density at radius 3 is 2.56 bits per heavy atom. The number of hydrogen-bond acceptors (Lipinski definition) is 6. The molecular formula is C16H17ClN2O6. The molecule has 25 heavy (non-hydrogen) atoms. The standard InChI is InChI=1S/C16H17ClN2O6/c1-7(2)25-8-3-4-9-10(5-8)13(21)12(19-14(9)17)15(22)18-11(6-20)16(23)24/h3-5,7,11,20-21H,6H2,1-2H3,(H,18,22)(H,23,24). The van der Waals surface area contributed by atoms with Gasteiger partial charge in [0.1, 0.15) is 10.9 Å². The van der Waals surface area contributed by atoms with Crippen LogP contribution in [0.4, 0.5) is 0 Å². The van der Waals surface area contributed by atoms with Crippen molar-refractivity contribution in [3.63, 3.8) is 0 Å². The summed E-state index contributed by atoms with van der Waals surface area (Å²) in [6.45, 7) is 2.86. The van der Waals surface area contributed by atoms with Crippen molar-refractivity contribution in [2.24, 2.45) is 0 Å². The molecule has 134 valence electrons.